The Hall–Kier alpha value is -1.17. The largest absolute Gasteiger partial charge is 0.330 e. The minimum absolute atomic E-state index is 0.107. The average Bonchev–Trinajstić information content (AvgIpc) is 2.22. The fourth-order valence-corrected chi connectivity index (χ4v) is 2.99. The first-order chi connectivity index (χ1) is 8.45. The first-order valence-corrected chi connectivity index (χ1v) is 6.49. The molecule has 2 nitrogen and oxygen atoms in total. The summed E-state index contributed by atoms with van der Waals surface area (Å²) >= 11 is 1.42. The van der Waals surface area contributed by atoms with Crippen molar-refractivity contribution in [3.63, 3.8) is 0 Å². The van der Waals surface area contributed by atoms with Gasteiger partial charge in [-0.3, -0.25) is 4.99 Å². The molecule has 0 aromatic heterocycles. The first-order valence-electron chi connectivity index (χ1n) is 5.61. The number of aliphatic imine (C=N–C) groups is 1. The smallest absolute Gasteiger partial charge is 0.161 e. The normalized spacial score (nSPS) is 23.7. The molecule has 0 spiro atoms. The van der Waals surface area contributed by atoms with Crippen molar-refractivity contribution >= 4 is 22.6 Å². The summed E-state index contributed by atoms with van der Waals surface area (Å²) in [4.78, 5) is 4.27. The van der Waals surface area contributed by atoms with Gasteiger partial charge in [-0.25, -0.2) is 13.2 Å². The SMILES string of the molecule is CC1CC(C)SC(Nc2c(F)cc(F)cc2F)=N1. The lowest BCUT2D eigenvalue weighted by Crippen LogP contribution is -2.23. The van der Waals surface area contributed by atoms with E-state index in [1.807, 2.05) is 13.8 Å². The molecule has 1 N–H and O–H groups in total. The lowest BCUT2D eigenvalue weighted by Gasteiger charge is -2.23. The number of benzene rings is 1. The zero-order valence-corrected chi connectivity index (χ0v) is 10.8. The number of amidine groups is 1. The maximum absolute atomic E-state index is 13.5. The monoisotopic (exact) mass is 274 g/mol. The highest BCUT2D eigenvalue weighted by Gasteiger charge is 2.20. The van der Waals surface area contributed by atoms with E-state index in [9.17, 15) is 13.2 Å². The van der Waals surface area contributed by atoms with Gasteiger partial charge in [-0.1, -0.05) is 18.7 Å². The van der Waals surface area contributed by atoms with Crippen LogP contribution in [0.1, 0.15) is 20.3 Å². The molecule has 0 radical (unpaired) electrons. The van der Waals surface area contributed by atoms with Crippen LogP contribution in [0.5, 0.6) is 0 Å². The molecule has 1 aromatic rings. The lowest BCUT2D eigenvalue weighted by atomic mass is 10.2. The summed E-state index contributed by atoms with van der Waals surface area (Å²) in [5, 5.41) is 3.39. The molecule has 1 aliphatic heterocycles. The van der Waals surface area contributed by atoms with Gasteiger partial charge in [0.25, 0.3) is 0 Å². The number of halogens is 3. The molecule has 0 amide bonds. The zero-order chi connectivity index (χ0) is 13.3. The molecule has 0 saturated heterocycles. The fourth-order valence-electron chi connectivity index (χ4n) is 1.83. The molecule has 0 aliphatic carbocycles. The number of thioether (sulfide) groups is 1. The van der Waals surface area contributed by atoms with E-state index in [4.69, 9.17) is 0 Å². The van der Waals surface area contributed by atoms with Gasteiger partial charge >= 0.3 is 0 Å². The van der Waals surface area contributed by atoms with E-state index < -0.39 is 17.5 Å². The van der Waals surface area contributed by atoms with Crippen molar-refractivity contribution in [2.75, 3.05) is 5.32 Å². The Morgan fingerprint density at radius 1 is 1.22 bits per heavy atom. The van der Waals surface area contributed by atoms with E-state index in [-0.39, 0.29) is 11.7 Å². The highest BCUT2D eigenvalue weighted by molar-refractivity contribution is 8.14. The van der Waals surface area contributed by atoms with Gasteiger partial charge in [0.15, 0.2) is 16.8 Å². The summed E-state index contributed by atoms with van der Waals surface area (Å²) in [6.07, 6.45) is 0.921. The summed E-state index contributed by atoms with van der Waals surface area (Å²) in [6, 6.07) is 1.40. The van der Waals surface area contributed by atoms with E-state index >= 15 is 0 Å². The minimum Gasteiger partial charge on any atom is -0.330 e. The van der Waals surface area contributed by atoms with Gasteiger partial charge in [0.2, 0.25) is 0 Å². The van der Waals surface area contributed by atoms with Gasteiger partial charge in [-0.2, -0.15) is 0 Å². The molecule has 18 heavy (non-hydrogen) atoms. The van der Waals surface area contributed by atoms with Crippen LogP contribution in [-0.2, 0) is 0 Å². The summed E-state index contributed by atoms with van der Waals surface area (Å²) in [5.74, 6) is -2.85. The van der Waals surface area contributed by atoms with Gasteiger partial charge in [0.05, 0.1) is 6.04 Å². The second kappa shape index (κ2) is 5.22. The zero-order valence-electron chi connectivity index (χ0n) is 10.0. The molecule has 0 bridgehead atoms. The summed E-state index contributed by atoms with van der Waals surface area (Å²) in [5.41, 5.74) is -0.357. The second-order valence-corrected chi connectivity index (χ2v) is 5.74. The topological polar surface area (TPSA) is 24.4 Å². The number of nitrogens with one attached hydrogen (secondary N) is 1. The van der Waals surface area contributed by atoms with E-state index in [2.05, 4.69) is 10.3 Å². The van der Waals surface area contributed by atoms with Crippen LogP contribution < -0.4 is 5.32 Å². The molecule has 1 aromatic carbocycles. The van der Waals surface area contributed by atoms with E-state index in [0.29, 0.717) is 22.6 Å². The summed E-state index contributed by atoms with van der Waals surface area (Å²) in [7, 11) is 0. The molecule has 2 atom stereocenters. The fraction of sp³-hybridized carbons (Fsp3) is 0.417. The Bertz CT molecular complexity index is 467. The number of nitrogens with zero attached hydrogens (tertiary/aromatic N) is 1. The number of anilines is 1. The highest BCUT2D eigenvalue weighted by atomic mass is 32.2. The van der Waals surface area contributed by atoms with E-state index in [1.54, 1.807) is 0 Å². The van der Waals surface area contributed by atoms with Crippen molar-refractivity contribution < 1.29 is 13.2 Å². The molecule has 0 fully saturated rings. The van der Waals surface area contributed by atoms with Gasteiger partial charge in [-0.05, 0) is 13.3 Å². The maximum atomic E-state index is 13.5. The van der Waals surface area contributed by atoms with Gasteiger partial charge < -0.3 is 5.32 Å². The molecule has 6 heteroatoms. The molecule has 0 saturated carbocycles. The van der Waals surface area contributed by atoms with E-state index in [0.717, 1.165) is 6.42 Å². The van der Waals surface area contributed by atoms with Crippen molar-refractivity contribution in [2.24, 2.45) is 4.99 Å². The Kier molecular flexibility index (Phi) is 3.85. The highest BCUT2D eigenvalue weighted by Crippen LogP contribution is 2.28. The van der Waals surface area contributed by atoms with Gasteiger partial charge in [0.1, 0.15) is 11.5 Å². The van der Waals surface area contributed by atoms with Crippen LogP contribution in [0.4, 0.5) is 18.9 Å². The molecule has 1 heterocycles. The Morgan fingerprint density at radius 2 is 1.83 bits per heavy atom. The van der Waals surface area contributed by atoms with Crippen molar-refractivity contribution in [1.82, 2.24) is 0 Å². The van der Waals surface area contributed by atoms with Crippen LogP contribution in [0, 0.1) is 17.5 Å². The summed E-state index contributed by atoms with van der Waals surface area (Å²) < 4.78 is 39.7. The van der Waals surface area contributed by atoms with Crippen LogP contribution in [0.25, 0.3) is 0 Å². The standard InChI is InChI=1S/C12H13F3N2S/c1-6-3-7(2)18-12(16-6)17-11-9(14)4-8(13)5-10(11)15/h4-7H,3H2,1-2H3,(H,16,17). The average molecular weight is 274 g/mol. The third-order valence-corrected chi connectivity index (χ3v) is 3.59. The predicted octanol–water partition coefficient (Wildman–Crippen LogP) is 3.79. The number of hydrogen-bond acceptors (Lipinski definition) is 3. The van der Waals surface area contributed by atoms with E-state index in [1.165, 1.54) is 11.8 Å². The van der Waals surface area contributed by atoms with Crippen molar-refractivity contribution in [3.05, 3.63) is 29.6 Å². The van der Waals surface area contributed by atoms with Crippen LogP contribution in [0.3, 0.4) is 0 Å². The predicted molar refractivity (Wildman–Crippen MR) is 68.5 cm³/mol. The third-order valence-electron chi connectivity index (χ3n) is 2.56. The molecular formula is C12H13F3N2S. The van der Waals surface area contributed by atoms with Gasteiger partial charge in [0, 0.05) is 17.4 Å². The van der Waals surface area contributed by atoms with Crippen molar-refractivity contribution in [2.45, 2.75) is 31.6 Å². The van der Waals surface area contributed by atoms with Crippen LogP contribution in [-0.4, -0.2) is 16.5 Å². The van der Waals surface area contributed by atoms with Crippen LogP contribution in [0.2, 0.25) is 0 Å². The molecule has 2 unspecified atom stereocenters. The summed E-state index contributed by atoms with van der Waals surface area (Å²) in [6.45, 7) is 3.96. The maximum Gasteiger partial charge on any atom is 0.161 e. The Balaban J connectivity index is 2.24. The quantitative estimate of drug-likeness (QED) is 0.842. The van der Waals surface area contributed by atoms with Crippen molar-refractivity contribution in [1.29, 1.82) is 0 Å². The minimum atomic E-state index is -0.957. The first kappa shape index (κ1) is 13.3. The molecule has 2 rings (SSSR count). The molecule has 1 aliphatic rings. The van der Waals surface area contributed by atoms with Gasteiger partial charge in [-0.15, -0.1) is 0 Å². The Morgan fingerprint density at radius 3 is 2.39 bits per heavy atom. The molecule has 98 valence electrons. The number of hydrogen-bond donors (Lipinski definition) is 1. The lowest BCUT2D eigenvalue weighted by molar-refractivity contribution is 0.549. The third kappa shape index (κ3) is 2.98. The van der Waals surface area contributed by atoms with Crippen molar-refractivity contribution in [3.8, 4) is 0 Å². The van der Waals surface area contributed by atoms with Crippen LogP contribution in [0.15, 0.2) is 17.1 Å². The van der Waals surface area contributed by atoms with Crippen LogP contribution >= 0.6 is 11.8 Å². The Labute approximate surface area is 108 Å². The second-order valence-electron chi connectivity index (χ2n) is 4.32. The molecular weight excluding hydrogens is 261 g/mol. The number of rotatable bonds is 1.